The van der Waals surface area contributed by atoms with Crippen LogP contribution in [0, 0.1) is 11.6 Å². The van der Waals surface area contributed by atoms with E-state index >= 15 is 0 Å². The molecule has 3 nitrogen and oxygen atoms in total. The summed E-state index contributed by atoms with van der Waals surface area (Å²) < 4.78 is 32.3. The second kappa shape index (κ2) is 6.22. The van der Waals surface area contributed by atoms with Crippen LogP contribution in [0.15, 0.2) is 18.2 Å². The van der Waals surface area contributed by atoms with Gasteiger partial charge in [-0.1, -0.05) is 6.07 Å². The van der Waals surface area contributed by atoms with Gasteiger partial charge in [-0.2, -0.15) is 0 Å². The Morgan fingerprint density at radius 1 is 1.33 bits per heavy atom. The van der Waals surface area contributed by atoms with Gasteiger partial charge in [-0.3, -0.25) is 11.3 Å². The Bertz CT molecular complexity index is 376. The molecule has 1 aromatic carbocycles. The molecule has 1 unspecified atom stereocenters. The van der Waals surface area contributed by atoms with Gasteiger partial charge < -0.3 is 4.74 Å². The van der Waals surface area contributed by atoms with Gasteiger partial charge in [0.05, 0.1) is 5.60 Å². The molecule has 18 heavy (non-hydrogen) atoms. The van der Waals surface area contributed by atoms with E-state index in [9.17, 15) is 8.78 Å². The fourth-order valence-corrected chi connectivity index (χ4v) is 1.84. The third-order valence-electron chi connectivity index (χ3n) is 3.04. The van der Waals surface area contributed by atoms with Gasteiger partial charge in [0.15, 0.2) is 0 Å². The van der Waals surface area contributed by atoms with Crippen LogP contribution in [0.5, 0.6) is 0 Å². The van der Waals surface area contributed by atoms with Crippen molar-refractivity contribution in [3.63, 3.8) is 0 Å². The van der Waals surface area contributed by atoms with Crippen molar-refractivity contribution in [2.75, 3.05) is 7.11 Å². The third kappa shape index (κ3) is 4.01. The number of methoxy groups -OCH3 is 1. The molecule has 1 atom stereocenters. The number of nitrogens with two attached hydrogens (primary N) is 1. The van der Waals surface area contributed by atoms with Crippen molar-refractivity contribution in [2.45, 2.75) is 38.3 Å². The minimum absolute atomic E-state index is 0.0485. The monoisotopic (exact) mass is 258 g/mol. The average molecular weight is 258 g/mol. The standard InChI is InChI=1S/C13H20F2N2O/c1-13(2,18-3)8-9(17-16)7-10-11(14)5-4-6-12(10)15/h4-6,9,17H,7-8,16H2,1-3H3. The molecular weight excluding hydrogens is 238 g/mol. The molecule has 0 aliphatic rings. The molecule has 0 aromatic heterocycles. The fourth-order valence-electron chi connectivity index (χ4n) is 1.84. The van der Waals surface area contributed by atoms with E-state index in [0.29, 0.717) is 6.42 Å². The van der Waals surface area contributed by atoms with Crippen molar-refractivity contribution in [1.29, 1.82) is 0 Å². The third-order valence-corrected chi connectivity index (χ3v) is 3.04. The molecule has 0 bridgehead atoms. The summed E-state index contributed by atoms with van der Waals surface area (Å²) in [5, 5.41) is 0. The second-order valence-electron chi connectivity index (χ2n) is 4.94. The first-order chi connectivity index (χ1) is 8.39. The molecule has 0 radical (unpaired) electrons. The number of hydrogen-bond donors (Lipinski definition) is 2. The Morgan fingerprint density at radius 2 is 1.89 bits per heavy atom. The molecular formula is C13H20F2N2O. The van der Waals surface area contributed by atoms with Crippen molar-refractivity contribution >= 4 is 0 Å². The average Bonchev–Trinajstić information content (AvgIpc) is 2.32. The number of hydrogen-bond acceptors (Lipinski definition) is 3. The summed E-state index contributed by atoms with van der Waals surface area (Å²) in [5.41, 5.74) is 2.23. The van der Waals surface area contributed by atoms with Crippen LogP contribution >= 0.6 is 0 Å². The Kier molecular flexibility index (Phi) is 5.19. The van der Waals surface area contributed by atoms with Gasteiger partial charge in [0, 0.05) is 18.7 Å². The van der Waals surface area contributed by atoms with Crippen molar-refractivity contribution in [3.8, 4) is 0 Å². The predicted molar refractivity (Wildman–Crippen MR) is 66.9 cm³/mol. The van der Waals surface area contributed by atoms with Crippen LogP contribution in [0.1, 0.15) is 25.8 Å². The van der Waals surface area contributed by atoms with Crippen LogP contribution in [-0.2, 0) is 11.2 Å². The van der Waals surface area contributed by atoms with Gasteiger partial charge in [-0.15, -0.1) is 0 Å². The van der Waals surface area contributed by atoms with Crippen LogP contribution in [0.25, 0.3) is 0 Å². The van der Waals surface area contributed by atoms with Gasteiger partial charge in [-0.25, -0.2) is 8.78 Å². The number of hydrazine groups is 1. The lowest BCUT2D eigenvalue weighted by Gasteiger charge is -2.28. The normalized spacial score (nSPS) is 13.7. The lowest BCUT2D eigenvalue weighted by atomic mass is 9.94. The molecule has 0 amide bonds. The lowest BCUT2D eigenvalue weighted by molar-refractivity contribution is 0.00697. The molecule has 0 aliphatic heterocycles. The number of rotatable bonds is 6. The quantitative estimate of drug-likeness (QED) is 0.607. The van der Waals surface area contributed by atoms with E-state index in [1.54, 1.807) is 7.11 Å². The largest absolute Gasteiger partial charge is 0.379 e. The summed E-state index contributed by atoms with van der Waals surface area (Å²) in [6.45, 7) is 3.80. The summed E-state index contributed by atoms with van der Waals surface area (Å²) in [4.78, 5) is 0. The molecule has 1 aromatic rings. The van der Waals surface area contributed by atoms with Crippen molar-refractivity contribution in [3.05, 3.63) is 35.4 Å². The van der Waals surface area contributed by atoms with Crippen LogP contribution in [-0.4, -0.2) is 18.8 Å². The summed E-state index contributed by atoms with van der Waals surface area (Å²) in [6, 6.07) is 3.57. The van der Waals surface area contributed by atoms with E-state index in [4.69, 9.17) is 10.6 Å². The Hall–Kier alpha value is -1.04. The van der Waals surface area contributed by atoms with E-state index in [0.717, 1.165) is 0 Å². The summed E-state index contributed by atoms with van der Waals surface area (Å²) in [7, 11) is 1.59. The molecule has 5 heteroatoms. The number of ether oxygens (including phenoxy) is 1. The Labute approximate surface area is 106 Å². The smallest absolute Gasteiger partial charge is 0.129 e. The highest BCUT2D eigenvalue weighted by molar-refractivity contribution is 5.20. The SMILES string of the molecule is COC(C)(C)CC(Cc1c(F)cccc1F)NN. The van der Waals surface area contributed by atoms with Gasteiger partial charge in [0.25, 0.3) is 0 Å². The van der Waals surface area contributed by atoms with Gasteiger partial charge in [0.1, 0.15) is 11.6 Å². The van der Waals surface area contributed by atoms with Crippen LogP contribution in [0.2, 0.25) is 0 Å². The van der Waals surface area contributed by atoms with Gasteiger partial charge >= 0.3 is 0 Å². The van der Waals surface area contributed by atoms with Gasteiger partial charge in [-0.05, 0) is 38.8 Å². The highest BCUT2D eigenvalue weighted by Crippen LogP contribution is 2.20. The fraction of sp³-hybridized carbons (Fsp3) is 0.538. The molecule has 0 saturated carbocycles. The van der Waals surface area contributed by atoms with E-state index in [1.807, 2.05) is 13.8 Å². The zero-order valence-electron chi connectivity index (χ0n) is 11.0. The maximum Gasteiger partial charge on any atom is 0.129 e. The van der Waals surface area contributed by atoms with Crippen LogP contribution < -0.4 is 11.3 Å². The zero-order valence-corrected chi connectivity index (χ0v) is 11.0. The molecule has 0 spiro atoms. The zero-order chi connectivity index (χ0) is 13.8. The maximum atomic E-state index is 13.5. The first-order valence-corrected chi connectivity index (χ1v) is 5.84. The first kappa shape index (κ1) is 15.0. The predicted octanol–water partition coefficient (Wildman–Crippen LogP) is 2.15. The molecule has 0 aliphatic carbocycles. The molecule has 0 heterocycles. The number of halogens is 2. The lowest BCUT2D eigenvalue weighted by Crippen LogP contribution is -2.42. The molecule has 102 valence electrons. The van der Waals surface area contributed by atoms with Gasteiger partial charge in [0.2, 0.25) is 0 Å². The first-order valence-electron chi connectivity index (χ1n) is 5.84. The van der Waals surface area contributed by atoms with Crippen LogP contribution in [0.3, 0.4) is 0 Å². The van der Waals surface area contributed by atoms with E-state index in [2.05, 4.69) is 5.43 Å². The number of benzene rings is 1. The summed E-state index contributed by atoms with van der Waals surface area (Å²) in [6.07, 6.45) is 0.732. The maximum absolute atomic E-state index is 13.5. The Morgan fingerprint density at radius 3 is 2.33 bits per heavy atom. The molecule has 0 saturated heterocycles. The van der Waals surface area contributed by atoms with Crippen molar-refractivity contribution in [2.24, 2.45) is 5.84 Å². The molecule has 0 fully saturated rings. The highest BCUT2D eigenvalue weighted by atomic mass is 19.1. The van der Waals surface area contributed by atoms with E-state index in [-0.39, 0.29) is 18.0 Å². The van der Waals surface area contributed by atoms with Crippen molar-refractivity contribution < 1.29 is 13.5 Å². The minimum atomic E-state index is -0.550. The minimum Gasteiger partial charge on any atom is -0.379 e. The highest BCUT2D eigenvalue weighted by Gasteiger charge is 2.24. The Balaban J connectivity index is 2.80. The molecule has 1 rings (SSSR count). The topological polar surface area (TPSA) is 47.3 Å². The summed E-state index contributed by atoms with van der Waals surface area (Å²) in [5.74, 6) is 4.33. The summed E-state index contributed by atoms with van der Waals surface area (Å²) >= 11 is 0. The van der Waals surface area contributed by atoms with Crippen LogP contribution in [0.4, 0.5) is 8.78 Å². The van der Waals surface area contributed by atoms with E-state index < -0.39 is 17.2 Å². The second-order valence-corrected chi connectivity index (χ2v) is 4.94. The van der Waals surface area contributed by atoms with Crippen molar-refractivity contribution in [1.82, 2.24) is 5.43 Å². The van der Waals surface area contributed by atoms with E-state index in [1.165, 1.54) is 18.2 Å². The number of nitrogens with one attached hydrogen (secondary N) is 1. The molecule has 3 N–H and O–H groups in total.